The van der Waals surface area contributed by atoms with Gasteiger partial charge in [0.2, 0.25) is 0 Å². The molecule has 0 heteroatoms. The highest BCUT2D eigenvalue weighted by molar-refractivity contribution is 5.87. The summed E-state index contributed by atoms with van der Waals surface area (Å²) >= 11 is 0. The number of benzene rings is 3. The number of hydrogen-bond donors (Lipinski definition) is 0. The molecular formula is C36H28. The van der Waals surface area contributed by atoms with Gasteiger partial charge in [0, 0.05) is 23.7 Å². The Morgan fingerprint density at radius 2 is 1.03 bits per heavy atom. The summed E-state index contributed by atoms with van der Waals surface area (Å²) in [7, 11) is 0. The molecule has 0 aliphatic heterocycles. The molecule has 0 saturated carbocycles. The molecule has 0 radical (unpaired) electrons. The SMILES string of the molecule is C1=CC2C=CC(C3=c4ccccc4=C(c4ccccc4-c4ccccc4)C4C=CC=CC34)=CC2C=C1. The van der Waals surface area contributed by atoms with Crippen molar-refractivity contribution in [2.24, 2.45) is 23.7 Å². The first-order valence-corrected chi connectivity index (χ1v) is 13.0. The van der Waals surface area contributed by atoms with Crippen LogP contribution in [0.3, 0.4) is 0 Å². The van der Waals surface area contributed by atoms with Crippen LogP contribution in [0.4, 0.5) is 0 Å². The molecule has 0 bridgehead atoms. The molecule has 7 rings (SSSR count). The molecule has 4 unspecified atom stereocenters. The van der Waals surface area contributed by atoms with Crippen LogP contribution < -0.4 is 10.4 Å². The highest BCUT2D eigenvalue weighted by Crippen LogP contribution is 2.44. The van der Waals surface area contributed by atoms with E-state index >= 15 is 0 Å². The van der Waals surface area contributed by atoms with Crippen molar-refractivity contribution in [1.82, 2.24) is 0 Å². The fraction of sp³-hybridized carbons (Fsp3) is 0.111. The Labute approximate surface area is 213 Å². The van der Waals surface area contributed by atoms with E-state index in [4.69, 9.17) is 0 Å². The number of rotatable bonds is 3. The Kier molecular flexibility index (Phi) is 5.17. The van der Waals surface area contributed by atoms with Crippen LogP contribution in [0.2, 0.25) is 0 Å². The summed E-state index contributed by atoms with van der Waals surface area (Å²) < 4.78 is 0. The van der Waals surface area contributed by atoms with Gasteiger partial charge in [-0.1, -0.05) is 146 Å². The normalized spacial score (nSPS) is 25.3. The van der Waals surface area contributed by atoms with Crippen LogP contribution in [0.5, 0.6) is 0 Å². The zero-order valence-electron chi connectivity index (χ0n) is 20.2. The molecule has 0 aromatic heterocycles. The molecular weight excluding hydrogens is 432 g/mol. The maximum Gasteiger partial charge on any atom is 0.0137 e. The van der Waals surface area contributed by atoms with Gasteiger partial charge >= 0.3 is 0 Å². The van der Waals surface area contributed by atoms with Gasteiger partial charge in [-0.25, -0.2) is 0 Å². The quantitative estimate of drug-likeness (QED) is 0.398. The Bertz CT molecular complexity index is 1640. The highest BCUT2D eigenvalue weighted by Gasteiger charge is 2.34. The summed E-state index contributed by atoms with van der Waals surface area (Å²) in [6, 6.07) is 28.8. The standard InChI is InChI=1S/C36H28/c1-2-13-26(14-3-1)29-16-6-7-17-30(29)36-33-20-10-8-18-31(33)35(32-19-9-11-21-34(32)36)28-23-22-25-12-4-5-15-27(25)24-28/h1-25,27,31,33H. The van der Waals surface area contributed by atoms with Crippen LogP contribution in [0.25, 0.3) is 22.3 Å². The molecule has 36 heavy (non-hydrogen) atoms. The van der Waals surface area contributed by atoms with Crippen LogP contribution in [0.15, 0.2) is 151 Å². The van der Waals surface area contributed by atoms with Gasteiger partial charge in [0.1, 0.15) is 0 Å². The highest BCUT2D eigenvalue weighted by atomic mass is 14.4. The van der Waals surface area contributed by atoms with Crippen molar-refractivity contribution in [2.45, 2.75) is 0 Å². The molecule has 0 saturated heterocycles. The Balaban J connectivity index is 1.53. The summed E-state index contributed by atoms with van der Waals surface area (Å²) in [6.07, 6.45) is 25.5. The lowest BCUT2D eigenvalue weighted by Gasteiger charge is -2.35. The summed E-state index contributed by atoms with van der Waals surface area (Å²) in [5.74, 6) is 1.49. The zero-order chi connectivity index (χ0) is 23.9. The van der Waals surface area contributed by atoms with E-state index < -0.39 is 0 Å². The molecule has 0 fully saturated rings. The molecule has 0 N–H and O–H groups in total. The molecule has 0 amide bonds. The van der Waals surface area contributed by atoms with E-state index in [9.17, 15) is 0 Å². The minimum Gasteiger partial charge on any atom is -0.0767 e. The Morgan fingerprint density at radius 1 is 0.444 bits per heavy atom. The average molecular weight is 461 g/mol. The van der Waals surface area contributed by atoms with Crippen LogP contribution >= 0.6 is 0 Å². The van der Waals surface area contributed by atoms with Crippen molar-refractivity contribution < 1.29 is 0 Å². The number of fused-ring (bicyclic) bond motifs is 3. The minimum absolute atomic E-state index is 0.290. The fourth-order valence-corrected chi connectivity index (χ4v) is 6.39. The lowest BCUT2D eigenvalue weighted by molar-refractivity contribution is 0.648. The molecule has 3 aromatic carbocycles. The van der Waals surface area contributed by atoms with E-state index in [1.165, 1.54) is 43.8 Å². The Hall–Kier alpha value is -4.16. The van der Waals surface area contributed by atoms with Crippen molar-refractivity contribution in [3.05, 3.63) is 167 Å². The van der Waals surface area contributed by atoms with Crippen LogP contribution in [-0.4, -0.2) is 0 Å². The summed E-state index contributed by atoms with van der Waals surface area (Å²) in [5, 5.41) is 2.72. The summed E-state index contributed by atoms with van der Waals surface area (Å²) in [4.78, 5) is 0. The van der Waals surface area contributed by atoms with E-state index in [1.54, 1.807) is 0 Å². The third kappa shape index (κ3) is 3.45. The fourth-order valence-electron chi connectivity index (χ4n) is 6.39. The molecule has 172 valence electrons. The zero-order valence-corrected chi connectivity index (χ0v) is 20.2. The second kappa shape index (κ2) is 8.81. The molecule has 0 nitrogen and oxygen atoms in total. The molecule has 3 aromatic rings. The number of hydrogen-bond acceptors (Lipinski definition) is 0. The first-order chi connectivity index (χ1) is 17.9. The van der Waals surface area contributed by atoms with Crippen molar-refractivity contribution >= 4 is 11.1 Å². The maximum absolute atomic E-state index is 2.49. The first-order valence-electron chi connectivity index (χ1n) is 13.0. The molecule has 0 spiro atoms. The van der Waals surface area contributed by atoms with E-state index in [0.717, 1.165) is 0 Å². The lowest BCUT2D eigenvalue weighted by atomic mass is 9.68. The largest absolute Gasteiger partial charge is 0.0767 e. The third-order valence-electron chi connectivity index (χ3n) is 8.01. The van der Waals surface area contributed by atoms with E-state index in [1.807, 2.05) is 0 Å². The van der Waals surface area contributed by atoms with Gasteiger partial charge in [0.15, 0.2) is 0 Å². The topological polar surface area (TPSA) is 0 Å². The second-order valence-corrected chi connectivity index (χ2v) is 10.0. The van der Waals surface area contributed by atoms with Gasteiger partial charge in [0.05, 0.1) is 0 Å². The van der Waals surface area contributed by atoms with Crippen LogP contribution in [0.1, 0.15) is 5.56 Å². The van der Waals surface area contributed by atoms with Gasteiger partial charge in [-0.3, -0.25) is 0 Å². The van der Waals surface area contributed by atoms with Gasteiger partial charge < -0.3 is 0 Å². The van der Waals surface area contributed by atoms with Crippen LogP contribution in [-0.2, 0) is 0 Å². The van der Waals surface area contributed by atoms with Gasteiger partial charge in [-0.2, -0.15) is 0 Å². The molecule has 4 atom stereocenters. The summed E-state index contributed by atoms with van der Waals surface area (Å²) in [6.45, 7) is 0. The van der Waals surface area contributed by atoms with Crippen molar-refractivity contribution in [3.63, 3.8) is 0 Å². The van der Waals surface area contributed by atoms with Crippen LogP contribution in [0, 0.1) is 23.7 Å². The molecule has 0 heterocycles. The van der Waals surface area contributed by atoms with Crippen molar-refractivity contribution in [2.75, 3.05) is 0 Å². The monoisotopic (exact) mass is 460 g/mol. The van der Waals surface area contributed by atoms with E-state index in [-0.39, 0.29) is 0 Å². The van der Waals surface area contributed by atoms with Crippen molar-refractivity contribution in [3.8, 4) is 11.1 Å². The maximum atomic E-state index is 2.49. The van der Waals surface area contributed by atoms with Crippen molar-refractivity contribution in [1.29, 1.82) is 0 Å². The van der Waals surface area contributed by atoms with Gasteiger partial charge in [-0.05, 0) is 43.8 Å². The summed E-state index contributed by atoms with van der Waals surface area (Å²) in [5.41, 5.74) is 8.15. The van der Waals surface area contributed by atoms with Gasteiger partial charge in [0.25, 0.3) is 0 Å². The Morgan fingerprint density at radius 3 is 1.81 bits per heavy atom. The molecule has 4 aliphatic rings. The number of allylic oxidation sites excluding steroid dienone is 12. The average Bonchev–Trinajstić information content (AvgIpc) is 2.96. The predicted molar refractivity (Wildman–Crippen MR) is 151 cm³/mol. The van der Waals surface area contributed by atoms with E-state index in [0.29, 0.717) is 23.7 Å². The third-order valence-corrected chi connectivity index (χ3v) is 8.01. The van der Waals surface area contributed by atoms with Gasteiger partial charge in [-0.15, -0.1) is 0 Å². The first kappa shape index (κ1) is 21.1. The van der Waals surface area contributed by atoms with E-state index in [2.05, 4.69) is 146 Å². The smallest absolute Gasteiger partial charge is 0.0137 e. The molecule has 4 aliphatic carbocycles. The predicted octanol–water partition coefficient (Wildman–Crippen LogP) is 6.93. The lowest BCUT2D eigenvalue weighted by Crippen LogP contribution is -2.40. The minimum atomic E-state index is 0.290. The second-order valence-electron chi connectivity index (χ2n) is 10.0.